The summed E-state index contributed by atoms with van der Waals surface area (Å²) in [5, 5.41) is 17.9. The van der Waals surface area contributed by atoms with Crippen LogP contribution in [-0.2, 0) is 19.1 Å². The number of rotatable bonds is 5. The number of fused-ring (bicyclic) bond motifs is 1. The van der Waals surface area contributed by atoms with Crippen molar-refractivity contribution in [1.82, 2.24) is 5.32 Å². The Hall–Kier alpha value is -3.23. The van der Waals surface area contributed by atoms with Crippen LogP contribution >= 0.6 is 0 Å². The van der Waals surface area contributed by atoms with Crippen molar-refractivity contribution >= 4 is 29.1 Å². The van der Waals surface area contributed by atoms with Crippen molar-refractivity contribution < 1.29 is 24.2 Å². The van der Waals surface area contributed by atoms with Crippen LogP contribution in [0.3, 0.4) is 0 Å². The van der Waals surface area contributed by atoms with Crippen LogP contribution < -0.4 is 16.0 Å². The van der Waals surface area contributed by atoms with Crippen molar-refractivity contribution in [3.63, 3.8) is 0 Å². The van der Waals surface area contributed by atoms with E-state index in [0.717, 1.165) is 11.1 Å². The number of aliphatic hydroxyl groups excluding tert-OH is 1. The average Bonchev–Trinajstić information content (AvgIpc) is 2.99. The van der Waals surface area contributed by atoms with Crippen LogP contribution in [0.5, 0.6) is 0 Å². The number of ether oxygens (including phenoxy) is 1. The van der Waals surface area contributed by atoms with E-state index in [1.54, 1.807) is 30.3 Å². The van der Waals surface area contributed by atoms with E-state index >= 15 is 0 Å². The van der Waals surface area contributed by atoms with E-state index < -0.39 is 24.0 Å². The molecule has 0 saturated carbocycles. The highest BCUT2D eigenvalue weighted by atomic mass is 16.5. The van der Waals surface area contributed by atoms with E-state index in [1.807, 2.05) is 18.2 Å². The lowest BCUT2D eigenvalue weighted by molar-refractivity contribution is -0.136. The van der Waals surface area contributed by atoms with Crippen molar-refractivity contribution in [1.29, 1.82) is 0 Å². The van der Waals surface area contributed by atoms with Crippen LogP contribution in [0.25, 0.3) is 0 Å². The van der Waals surface area contributed by atoms with Crippen LogP contribution in [0.15, 0.2) is 48.5 Å². The lowest BCUT2D eigenvalue weighted by atomic mass is 10.1. The minimum absolute atomic E-state index is 0.0579. The van der Waals surface area contributed by atoms with Gasteiger partial charge < -0.3 is 25.8 Å². The zero-order chi connectivity index (χ0) is 20.1. The fraction of sp³-hybridized carbons (Fsp3) is 0.250. The second-order valence-corrected chi connectivity index (χ2v) is 6.42. The Kier molecular flexibility index (Phi) is 6.03. The van der Waals surface area contributed by atoms with E-state index in [-0.39, 0.29) is 12.5 Å². The molecule has 4 N–H and O–H groups in total. The van der Waals surface area contributed by atoms with Crippen molar-refractivity contribution in [3.05, 3.63) is 59.7 Å². The molecule has 0 heterocycles. The Morgan fingerprint density at radius 2 is 1.57 bits per heavy atom. The molecule has 0 spiro atoms. The quantitative estimate of drug-likeness (QED) is 0.584. The smallest absolute Gasteiger partial charge is 0.313 e. The van der Waals surface area contributed by atoms with Crippen LogP contribution in [0.2, 0.25) is 0 Å². The number of carbonyl (C=O) groups excluding carboxylic acids is 3. The van der Waals surface area contributed by atoms with Crippen LogP contribution in [0, 0.1) is 0 Å². The molecule has 0 fully saturated rings. The van der Waals surface area contributed by atoms with Crippen molar-refractivity contribution in [2.75, 3.05) is 24.4 Å². The molecule has 28 heavy (non-hydrogen) atoms. The standard InChI is InChI=1S/C20H21N3O5/c1-28-11-18(25)21-12-6-8-13(9-7-12)22-19(26)20(27)23-16-10-17(24)15-5-3-2-4-14(15)16/h2-9,16-17,24H,10-11H2,1H3,(H,21,25)(H,22,26)(H,23,27). The summed E-state index contributed by atoms with van der Waals surface area (Å²) in [6.07, 6.45) is -0.334. The van der Waals surface area contributed by atoms with Crippen molar-refractivity contribution in [2.45, 2.75) is 18.6 Å². The number of methoxy groups -OCH3 is 1. The summed E-state index contributed by atoms with van der Waals surface area (Å²) in [6, 6.07) is 13.2. The molecule has 2 unspecified atom stereocenters. The highest BCUT2D eigenvalue weighted by Crippen LogP contribution is 2.38. The molecule has 2 aromatic carbocycles. The fourth-order valence-corrected chi connectivity index (χ4v) is 3.12. The molecule has 2 atom stereocenters. The molecular formula is C20H21N3O5. The number of nitrogens with one attached hydrogen (secondary N) is 3. The summed E-state index contributed by atoms with van der Waals surface area (Å²) in [5.41, 5.74) is 2.53. The first-order chi connectivity index (χ1) is 13.5. The summed E-state index contributed by atoms with van der Waals surface area (Å²) in [7, 11) is 1.42. The van der Waals surface area contributed by atoms with E-state index in [2.05, 4.69) is 16.0 Å². The van der Waals surface area contributed by atoms with Gasteiger partial charge in [-0.25, -0.2) is 0 Å². The minimum Gasteiger partial charge on any atom is -0.388 e. The molecule has 2 aromatic rings. The van der Waals surface area contributed by atoms with Gasteiger partial charge in [-0.05, 0) is 35.4 Å². The second-order valence-electron chi connectivity index (χ2n) is 6.42. The van der Waals surface area contributed by atoms with Gasteiger partial charge in [-0.15, -0.1) is 0 Å². The Balaban J connectivity index is 1.56. The van der Waals surface area contributed by atoms with Gasteiger partial charge in [-0.2, -0.15) is 0 Å². The summed E-state index contributed by atoms with van der Waals surface area (Å²) in [5.74, 6) is -1.89. The van der Waals surface area contributed by atoms with Crippen molar-refractivity contribution in [2.24, 2.45) is 0 Å². The second kappa shape index (κ2) is 8.64. The maximum absolute atomic E-state index is 12.2. The molecule has 1 aliphatic carbocycles. The van der Waals surface area contributed by atoms with Crippen LogP contribution in [0.4, 0.5) is 11.4 Å². The van der Waals surface area contributed by atoms with Gasteiger partial charge in [0.15, 0.2) is 0 Å². The molecule has 146 valence electrons. The lowest BCUT2D eigenvalue weighted by Crippen LogP contribution is -2.37. The summed E-state index contributed by atoms with van der Waals surface area (Å²) < 4.78 is 4.73. The fourth-order valence-electron chi connectivity index (χ4n) is 3.12. The Labute approximate surface area is 161 Å². The Bertz CT molecular complexity index is 882. The zero-order valence-electron chi connectivity index (χ0n) is 15.3. The van der Waals surface area contributed by atoms with Gasteiger partial charge in [0.05, 0.1) is 12.1 Å². The number of hydrogen-bond donors (Lipinski definition) is 4. The Morgan fingerprint density at radius 3 is 2.21 bits per heavy atom. The predicted molar refractivity (Wildman–Crippen MR) is 102 cm³/mol. The van der Waals surface area contributed by atoms with Gasteiger partial charge in [0.1, 0.15) is 6.61 Å². The van der Waals surface area contributed by atoms with Crippen LogP contribution in [-0.4, -0.2) is 36.5 Å². The number of hydrogen-bond acceptors (Lipinski definition) is 5. The van der Waals surface area contributed by atoms with E-state index in [4.69, 9.17) is 4.74 Å². The predicted octanol–water partition coefficient (Wildman–Crippen LogP) is 1.50. The third-order valence-electron chi connectivity index (χ3n) is 4.40. The van der Waals surface area contributed by atoms with Gasteiger partial charge >= 0.3 is 11.8 Å². The SMILES string of the molecule is COCC(=O)Nc1ccc(NC(=O)C(=O)NC2CC(O)c3ccccc32)cc1. The summed E-state index contributed by atoms with van der Waals surface area (Å²) in [6.45, 7) is -0.0579. The summed E-state index contributed by atoms with van der Waals surface area (Å²) in [4.78, 5) is 35.9. The molecule has 3 amide bonds. The van der Waals surface area contributed by atoms with Gasteiger partial charge in [-0.3, -0.25) is 14.4 Å². The molecule has 8 nitrogen and oxygen atoms in total. The molecule has 0 bridgehead atoms. The zero-order valence-corrected chi connectivity index (χ0v) is 15.3. The highest BCUT2D eigenvalue weighted by Gasteiger charge is 2.31. The highest BCUT2D eigenvalue weighted by molar-refractivity contribution is 6.39. The molecule has 3 rings (SSSR count). The first-order valence-electron chi connectivity index (χ1n) is 8.75. The van der Waals surface area contributed by atoms with Gasteiger partial charge in [0, 0.05) is 24.9 Å². The van der Waals surface area contributed by atoms with E-state index in [0.29, 0.717) is 17.8 Å². The molecule has 8 heteroatoms. The van der Waals surface area contributed by atoms with Crippen molar-refractivity contribution in [3.8, 4) is 0 Å². The van der Waals surface area contributed by atoms with Gasteiger partial charge in [-0.1, -0.05) is 24.3 Å². The van der Waals surface area contributed by atoms with Gasteiger partial charge in [0.25, 0.3) is 0 Å². The third-order valence-corrected chi connectivity index (χ3v) is 4.40. The number of aliphatic hydroxyl groups is 1. The largest absolute Gasteiger partial charge is 0.388 e. The molecular weight excluding hydrogens is 362 g/mol. The lowest BCUT2D eigenvalue weighted by Gasteiger charge is -2.14. The first-order valence-corrected chi connectivity index (χ1v) is 8.75. The van der Waals surface area contributed by atoms with E-state index in [1.165, 1.54) is 7.11 Å². The molecule has 0 aromatic heterocycles. The number of carbonyl (C=O) groups is 3. The first kappa shape index (κ1) is 19.5. The maximum atomic E-state index is 12.2. The monoisotopic (exact) mass is 383 g/mol. The number of amides is 3. The maximum Gasteiger partial charge on any atom is 0.313 e. The topological polar surface area (TPSA) is 117 Å². The number of benzene rings is 2. The average molecular weight is 383 g/mol. The molecule has 1 aliphatic rings. The number of anilines is 2. The van der Waals surface area contributed by atoms with Crippen LogP contribution in [0.1, 0.15) is 29.7 Å². The third kappa shape index (κ3) is 4.54. The van der Waals surface area contributed by atoms with Gasteiger partial charge in [0.2, 0.25) is 5.91 Å². The van der Waals surface area contributed by atoms with E-state index in [9.17, 15) is 19.5 Å². The molecule has 0 radical (unpaired) electrons. The molecule has 0 aliphatic heterocycles. The minimum atomic E-state index is -0.810. The normalized spacial score (nSPS) is 17.5. The summed E-state index contributed by atoms with van der Waals surface area (Å²) >= 11 is 0. The molecule has 0 saturated heterocycles. The Morgan fingerprint density at radius 1 is 0.964 bits per heavy atom.